The number of benzene rings is 1. The van der Waals surface area contributed by atoms with Gasteiger partial charge in [-0.25, -0.2) is 4.98 Å². The standard InChI is InChI=1S/C20H25N3O3/c1-2-26-19-17(10-6-11-21-19)18(20(24)25)23-13-7-12-22(14-15-23)16-8-4-3-5-9-16/h3-6,8-11,18H,2,7,12-15H2,1H3,(H,24,25)/t18-/m0/s1. The maximum atomic E-state index is 12.1. The summed E-state index contributed by atoms with van der Waals surface area (Å²) >= 11 is 0. The molecule has 0 saturated carbocycles. The smallest absolute Gasteiger partial charge is 0.325 e. The van der Waals surface area contributed by atoms with Gasteiger partial charge in [-0.2, -0.15) is 0 Å². The zero-order valence-electron chi connectivity index (χ0n) is 15.0. The van der Waals surface area contributed by atoms with Gasteiger partial charge in [0.1, 0.15) is 6.04 Å². The van der Waals surface area contributed by atoms with Crippen molar-refractivity contribution in [2.24, 2.45) is 0 Å². The molecule has 1 N–H and O–H groups in total. The number of hydrogen-bond acceptors (Lipinski definition) is 5. The molecule has 3 rings (SSSR count). The molecule has 0 bridgehead atoms. The van der Waals surface area contributed by atoms with Crippen molar-refractivity contribution in [1.82, 2.24) is 9.88 Å². The van der Waals surface area contributed by atoms with E-state index in [1.807, 2.05) is 30.0 Å². The van der Waals surface area contributed by atoms with Crippen LogP contribution in [0.3, 0.4) is 0 Å². The third kappa shape index (κ3) is 4.14. The molecule has 2 aromatic rings. The number of carbonyl (C=O) groups is 1. The molecule has 1 saturated heterocycles. The lowest BCUT2D eigenvalue weighted by Gasteiger charge is -2.28. The minimum absolute atomic E-state index is 0.409. The van der Waals surface area contributed by atoms with Crippen LogP contribution in [0.15, 0.2) is 48.7 Å². The van der Waals surface area contributed by atoms with E-state index in [1.54, 1.807) is 18.3 Å². The van der Waals surface area contributed by atoms with E-state index in [0.717, 1.165) is 26.1 Å². The van der Waals surface area contributed by atoms with Gasteiger partial charge in [-0.05, 0) is 37.6 Å². The molecule has 1 aliphatic heterocycles. The highest BCUT2D eigenvalue weighted by atomic mass is 16.5. The number of pyridine rings is 1. The number of carboxylic acid groups (broad SMARTS) is 1. The van der Waals surface area contributed by atoms with Gasteiger partial charge in [0.2, 0.25) is 5.88 Å². The van der Waals surface area contributed by atoms with Crippen LogP contribution < -0.4 is 9.64 Å². The predicted octanol–water partition coefficient (Wildman–Crippen LogP) is 2.82. The second-order valence-electron chi connectivity index (χ2n) is 6.28. The Kier molecular flexibility index (Phi) is 6.07. The van der Waals surface area contributed by atoms with E-state index in [-0.39, 0.29) is 0 Å². The van der Waals surface area contributed by atoms with Gasteiger partial charge in [0, 0.05) is 43.6 Å². The molecule has 0 radical (unpaired) electrons. The number of para-hydroxylation sites is 1. The van der Waals surface area contributed by atoms with Crippen LogP contribution in [0.1, 0.15) is 24.9 Å². The fourth-order valence-corrected chi connectivity index (χ4v) is 3.45. The maximum Gasteiger partial charge on any atom is 0.325 e. The van der Waals surface area contributed by atoms with Crippen molar-refractivity contribution >= 4 is 11.7 Å². The van der Waals surface area contributed by atoms with Gasteiger partial charge in [0.05, 0.1) is 6.61 Å². The third-order valence-electron chi connectivity index (χ3n) is 4.63. The summed E-state index contributed by atoms with van der Waals surface area (Å²) in [4.78, 5) is 20.6. The second kappa shape index (κ2) is 8.67. The van der Waals surface area contributed by atoms with Gasteiger partial charge in [0.25, 0.3) is 0 Å². The van der Waals surface area contributed by atoms with Crippen LogP contribution in [-0.4, -0.2) is 53.7 Å². The Bertz CT molecular complexity index is 723. The summed E-state index contributed by atoms with van der Waals surface area (Å²) in [5, 5.41) is 9.91. The van der Waals surface area contributed by atoms with Crippen LogP contribution in [-0.2, 0) is 4.79 Å². The van der Waals surface area contributed by atoms with Gasteiger partial charge in [0.15, 0.2) is 0 Å². The Morgan fingerprint density at radius 2 is 1.96 bits per heavy atom. The Morgan fingerprint density at radius 1 is 1.15 bits per heavy atom. The van der Waals surface area contributed by atoms with E-state index in [9.17, 15) is 9.90 Å². The summed E-state index contributed by atoms with van der Waals surface area (Å²) in [5.74, 6) is -0.460. The molecule has 6 heteroatoms. The van der Waals surface area contributed by atoms with Crippen LogP contribution >= 0.6 is 0 Å². The van der Waals surface area contributed by atoms with E-state index < -0.39 is 12.0 Å². The Balaban J connectivity index is 1.80. The fraction of sp³-hybridized carbons (Fsp3) is 0.400. The number of aliphatic carboxylic acids is 1. The normalized spacial score (nSPS) is 16.7. The number of ether oxygens (including phenoxy) is 1. The number of hydrogen-bond donors (Lipinski definition) is 1. The summed E-state index contributed by atoms with van der Waals surface area (Å²) in [6.07, 6.45) is 2.54. The zero-order valence-corrected chi connectivity index (χ0v) is 15.0. The average molecular weight is 355 g/mol. The largest absolute Gasteiger partial charge is 0.480 e. The topological polar surface area (TPSA) is 65.9 Å². The molecule has 1 aromatic heterocycles. The molecule has 138 valence electrons. The second-order valence-corrected chi connectivity index (χ2v) is 6.28. The lowest BCUT2D eigenvalue weighted by Crippen LogP contribution is -2.37. The monoisotopic (exact) mass is 355 g/mol. The van der Waals surface area contributed by atoms with Gasteiger partial charge < -0.3 is 14.7 Å². The lowest BCUT2D eigenvalue weighted by atomic mass is 10.1. The molecule has 0 amide bonds. The molecular weight excluding hydrogens is 330 g/mol. The summed E-state index contributed by atoms with van der Waals surface area (Å²) in [7, 11) is 0. The van der Waals surface area contributed by atoms with Gasteiger partial charge in [-0.1, -0.05) is 18.2 Å². The summed E-state index contributed by atoms with van der Waals surface area (Å²) in [6, 6.07) is 13.1. The Hall–Kier alpha value is -2.60. The van der Waals surface area contributed by atoms with E-state index >= 15 is 0 Å². The van der Waals surface area contributed by atoms with Crippen LogP contribution in [0, 0.1) is 0 Å². The van der Waals surface area contributed by atoms with Crippen LogP contribution in [0.4, 0.5) is 5.69 Å². The molecular formula is C20H25N3O3. The number of nitrogens with zero attached hydrogens (tertiary/aromatic N) is 3. The summed E-state index contributed by atoms with van der Waals surface area (Å²) < 4.78 is 5.57. The molecule has 2 heterocycles. The molecule has 1 aliphatic rings. The van der Waals surface area contributed by atoms with Crippen LogP contribution in [0.25, 0.3) is 0 Å². The first-order valence-electron chi connectivity index (χ1n) is 9.05. The van der Waals surface area contributed by atoms with E-state index in [4.69, 9.17) is 4.74 Å². The molecule has 6 nitrogen and oxygen atoms in total. The van der Waals surface area contributed by atoms with Crippen molar-refractivity contribution in [3.63, 3.8) is 0 Å². The quantitative estimate of drug-likeness (QED) is 0.860. The zero-order chi connectivity index (χ0) is 18.4. The van der Waals surface area contributed by atoms with Gasteiger partial charge >= 0.3 is 5.97 Å². The Morgan fingerprint density at radius 3 is 2.69 bits per heavy atom. The van der Waals surface area contributed by atoms with E-state index in [2.05, 4.69) is 22.0 Å². The molecule has 0 aliphatic carbocycles. The lowest BCUT2D eigenvalue weighted by molar-refractivity contribution is -0.143. The number of aromatic nitrogens is 1. The van der Waals surface area contributed by atoms with Crippen molar-refractivity contribution in [2.75, 3.05) is 37.7 Å². The molecule has 26 heavy (non-hydrogen) atoms. The molecule has 1 fully saturated rings. The van der Waals surface area contributed by atoms with Crippen molar-refractivity contribution in [3.8, 4) is 5.88 Å². The molecule has 0 unspecified atom stereocenters. The number of anilines is 1. The first kappa shape index (κ1) is 18.2. The highest BCUT2D eigenvalue weighted by Gasteiger charge is 2.31. The van der Waals surface area contributed by atoms with Gasteiger partial charge in [-0.15, -0.1) is 0 Å². The fourth-order valence-electron chi connectivity index (χ4n) is 3.45. The Labute approximate surface area is 154 Å². The van der Waals surface area contributed by atoms with E-state index in [0.29, 0.717) is 24.6 Å². The minimum atomic E-state index is -0.868. The van der Waals surface area contributed by atoms with Crippen molar-refractivity contribution < 1.29 is 14.6 Å². The first-order valence-corrected chi connectivity index (χ1v) is 9.05. The summed E-state index contributed by atoms with van der Waals surface area (Å²) in [5.41, 5.74) is 1.80. The predicted molar refractivity (Wildman–Crippen MR) is 101 cm³/mol. The third-order valence-corrected chi connectivity index (χ3v) is 4.63. The van der Waals surface area contributed by atoms with Crippen molar-refractivity contribution in [1.29, 1.82) is 0 Å². The van der Waals surface area contributed by atoms with Crippen LogP contribution in [0.2, 0.25) is 0 Å². The van der Waals surface area contributed by atoms with Gasteiger partial charge in [-0.3, -0.25) is 9.69 Å². The number of rotatable bonds is 6. The van der Waals surface area contributed by atoms with Crippen LogP contribution in [0.5, 0.6) is 5.88 Å². The minimum Gasteiger partial charge on any atom is -0.480 e. The average Bonchev–Trinajstić information content (AvgIpc) is 2.90. The van der Waals surface area contributed by atoms with Crippen molar-refractivity contribution in [2.45, 2.75) is 19.4 Å². The molecule has 1 atom stereocenters. The highest BCUT2D eigenvalue weighted by molar-refractivity contribution is 5.76. The van der Waals surface area contributed by atoms with Crippen molar-refractivity contribution in [3.05, 3.63) is 54.2 Å². The molecule has 0 spiro atoms. The van der Waals surface area contributed by atoms with E-state index in [1.165, 1.54) is 5.69 Å². The SMILES string of the molecule is CCOc1ncccc1[C@@H](C(=O)O)N1CCCN(c2ccccc2)CC1. The maximum absolute atomic E-state index is 12.1. The highest BCUT2D eigenvalue weighted by Crippen LogP contribution is 2.29. The first-order chi connectivity index (χ1) is 12.7. The molecule has 1 aromatic carbocycles. The number of carboxylic acids is 1. The summed E-state index contributed by atoms with van der Waals surface area (Å²) in [6.45, 7) is 5.43.